The van der Waals surface area contributed by atoms with Crippen molar-refractivity contribution in [3.63, 3.8) is 0 Å². The van der Waals surface area contributed by atoms with Crippen LogP contribution in [-0.4, -0.2) is 0 Å². The molecule has 0 nitrogen and oxygen atoms in total. The van der Waals surface area contributed by atoms with Gasteiger partial charge in [0.2, 0.25) is 0 Å². The quantitative estimate of drug-likeness (QED) is 0.469. The topological polar surface area (TPSA) is 0 Å². The van der Waals surface area contributed by atoms with E-state index in [1.165, 1.54) is 11.1 Å². The van der Waals surface area contributed by atoms with Gasteiger partial charge in [0.1, 0.15) is 3.23 Å². The maximum Gasteiger partial charge on any atom is 0.103 e. The molecular weight excluding hydrogens is 452 g/mol. The molecule has 0 aliphatic rings. The molecule has 0 amide bonds. The Morgan fingerprint density at radius 2 is 1.47 bits per heavy atom. The highest BCUT2D eigenvalue weighted by Gasteiger charge is 2.28. The second kappa shape index (κ2) is 4.79. The van der Waals surface area contributed by atoms with Gasteiger partial charge in [0.05, 0.1) is 0 Å². The minimum absolute atomic E-state index is 0.0467. The summed E-state index contributed by atoms with van der Waals surface area (Å²) in [6, 6.07) is 6.31. The summed E-state index contributed by atoms with van der Waals surface area (Å²) in [6.07, 6.45) is 0. The van der Waals surface area contributed by atoms with E-state index < -0.39 is 0 Å². The zero-order valence-electron chi connectivity index (χ0n) is 8.74. The van der Waals surface area contributed by atoms with Gasteiger partial charge in [0.25, 0.3) is 0 Å². The summed E-state index contributed by atoms with van der Waals surface area (Å²) < 4.78 is 0.855. The molecule has 0 fully saturated rings. The predicted octanol–water partition coefficient (Wildman–Crippen LogP) is 6.04. The van der Waals surface area contributed by atoms with Gasteiger partial charge < -0.3 is 0 Å². The monoisotopic (exact) mass is 460 g/mol. The molecule has 0 unspecified atom stereocenters. The van der Waals surface area contributed by atoms with Gasteiger partial charge in [-0.05, 0) is 44.0 Å². The van der Waals surface area contributed by atoms with E-state index in [0.29, 0.717) is 0 Å². The molecule has 4 heteroatoms. The van der Waals surface area contributed by atoms with Gasteiger partial charge in [-0.15, -0.1) is 0 Å². The average molecular weight is 464 g/mol. The first-order chi connectivity index (χ1) is 6.62. The molecule has 0 atom stereocenters. The average Bonchev–Trinajstić information content (AvgIpc) is 2.00. The van der Waals surface area contributed by atoms with Crippen molar-refractivity contribution >= 4 is 63.7 Å². The third-order valence-corrected chi connectivity index (χ3v) is 3.87. The summed E-state index contributed by atoms with van der Waals surface area (Å²) in [4.78, 5) is 0. The van der Waals surface area contributed by atoms with Crippen molar-refractivity contribution in [3.05, 3.63) is 33.8 Å². The molecule has 0 radical (unpaired) electrons. The van der Waals surface area contributed by atoms with Gasteiger partial charge in [-0.25, -0.2) is 0 Å². The SMILES string of the molecule is CC(C)(Br)c1cc(Br)ccc1C(C)(Br)Br. The minimum atomic E-state index is -0.193. The van der Waals surface area contributed by atoms with Crippen LogP contribution in [0.1, 0.15) is 31.9 Å². The summed E-state index contributed by atoms with van der Waals surface area (Å²) in [5.41, 5.74) is 2.49. The lowest BCUT2D eigenvalue weighted by Gasteiger charge is -2.26. The van der Waals surface area contributed by atoms with E-state index in [0.717, 1.165) is 4.47 Å². The fourth-order valence-corrected chi connectivity index (χ4v) is 2.77. The number of hydrogen-bond donors (Lipinski definition) is 0. The lowest BCUT2D eigenvalue weighted by Crippen LogP contribution is -2.15. The van der Waals surface area contributed by atoms with E-state index in [1.54, 1.807) is 0 Å². The number of benzene rings is 1. The van der Waals surface area contributed by atoms with Crippen LogP contribution < -0.4 is 0 Å². The van der Waals surface area contributed by atoms with Gasteiger partial charge >= 0.3 is 0 Å². The van der Waals surface area contributed by atoms with Crippen LogP contribution in [0, 0.1) is 0 Å². The first-order valence-corrected chi connectivity index (χ1v) is 7.67. The first kappa shape index (κ1) is 14.2. The molecule has 0 bridgehead atoms. The minimum Gasteiger partial charge on any atom is -0.0807 e. The maximum absolute atomic E-state index is 3.70. The van der Waals surface area contributed by atoms with Crippen LogP contribution in [0.25, 0.3) is 0 Å². The van der Waals surface area contributed by atoms with Gasteiger partial charge in [-0.1, -0.05) is 69.8 Å². The van der Waals surface area contributed by atoms with Gasteiger partial charge in [-0.3, -0.25) is 0 Å². The number of halogens is 4. The molecular formula is C11H12Br4. The van der Waals surface area contributed by atoms with Crippen molar-refractivity contribution in [1.29, 1.82) is 0 Å². The van der Waals surface area contributed by atoms with E-state index in [4.69, 9.17) is 0 Å². The number of hydrogen-bond acceptors (Lipinski definition) is 0. The lowest BCUT2D eigenvalue weighted by molar-refractivity contribution is 0.780. The second-order valence-electron chi connectivity index (χ2n) is 4.05. The Kier molecular flexibility index (Phi) is 4.53. The van der Waals surface area contributed by atoms with Crippen LogP contribution in [0.15, 0.2) is 22.7 Å². The highest BCUT2D eigenvalue weighted by atomic mass is 79.9. The van der Waals surface area contributed by atoms with Crippen molar-refractivity contribution in [2.75, 3.05) is 0 Å². The largest absolute Gasteiger partial charge is 0.103 e. The van der Waals surface area contributed by atoms with Crippen LogP contribution in [0.4, 0.5) is 0 Å². The van der Waals surface area contributed by atoms with E-state index >= 15 is 0 Å². The van der Waals surface area contributed by atoms with Crippen LogP contribution in [-0.2, 0) is 7.56 Å². The molecule has 0 saturated heterocycles. The Balaban J connectivity index is 3.41. The van der Waals surface area contributed by atoms with Gasteiger partial charge in [0, 0.05) is 8.80 Å². The standard InChI is InChI=1S/C11H12Br4/c1-10(2,13)9-6-7(12)4-5-8(9)11(3,14)15/h4-6H,1-3H3. The Morgan fingerprint density at radius 3 is 1.87 bits per heavy atom. The summed E-state index contributed by atoms with van der Waals surface area (Å²) in [5, 5.41) is 0. The number of alkyl halides is 3. The Bertz CT molecular complexity index is 358. The summed E-state index contributed by atoms with van der Waals surface area (Å²) in [7, 11) is 0. The zero-order valence-corrected chi connectivity index (χ0v) is 15.1. The summed E-state index contributed by atoms with van der Waals surface area (Å²) >= 11 is 14.5. The molecule has 1 aromatic rings. The molecule has 0 aliphatic heterocycles. The highest BCUT2D eigenvalue weighted by Crippen LogP contribution is 2.45. The van der Waals surface area contributed by atoms with Crippen molar-refractivity contribution in [2.45, 2.75) is 28.3 Å². The van der Waals surface area contributed by atoms with E-state index in [-0.39, 0.29) is 7.56 Å². The first-order valence-electron chi connectivity index (χ1n) is 4.49. The molecule has 84 valence electrons. The zero-order chi connectivity index (χ0) is 11.9. The molecule has 0 aromatic heterocycles. The molecule has 0 heterocycles. The third-order valence-electron chi connectivity index (χ3n) is 2.10. The molecule has 0 aliphatic carbocycles. The maximum atomic E-state index is 3.70. The predicted molar refractivity (Wildman–Crippen MR) is 81.3 cm³/mol. The van der Waals surface area contributed by atoms with Crippen LogP contribution in [0.5, 0.6) is 0 Å². The van der Waals surface area contributed by atoms with Crippen LogP contribution >= 0.6 is 63.7 Å². The molecule has 15 heavy (non-hydrogen) atoms. The highest BCUT2D eigenvalue weighted by molar-refractivity contribution is 9.24. The second-order valence-corrected chi connectivity index (χ2v) is 11.2. The van der Waals surface area contributed by atoms with Gasteiger partial charge in [-0.2, -0.15) is 0 Å². The van der Waals surface area contributed by atoms with Crippen LogP contribution in [0.3, 0.4) is 0 Å². The smallest absolute Gasteiger partial charge is 0.0807 e. The third kappa shape index (κ3) is 3.83. The molecule has 0 N–H and O–H groups in total. The fraction of sp³-hybridized carbons (Fsp3) is 0.455. The van der Waals surface area contributed by atoms with Crippen molar-refractivity contribution in [3.8, 4) is 0 Å². The molecule has 1 aromatic carbocycles. The van der Waals surface area contributed by atoms with E-state index in [9.17, 15) is 0 Å². The molecule has 1 rings (SSSR count). The fourth-order valence-electron chi connectivity index (χ4n) is 1.39. The Hall–Kier alpha value is 1.14. The van der Waals surface area contributed by atoms with Gasteiger partial charge in [0.15, 0.2) is 0 Å². The Labute approximate surface area is 125 Å². The molecule has 0 saturated carbocycles. The van der Waals surface area contributed by atoms with E-state index in [1.807, 2.05) is 0 Å². The van der Waals surface area contributed by atoms with Crippen molar-refractivity contribution < 1.29 is 0 Å². The van der Waals surface area contributed by atoms with Crippen molar-refractivity contribution in [2.24, 2.45) is 0 Å². The van der Waals surface area contributed by atoms with Crippen LogP contribution in [0.2, 0.25) is 0 Å². The number of rotatable bonds is 2. The Morgan fingerprint density at radius 1 is 0.933 bits per heavy atom. The van der Waals surface area contributed by atoms with E-state index in [2.05, 4.69) is 103 Å². The summed E-state index contributed by atoms with van der Waals surface area (Å²) in [6.45, 7) is 6.37. The van der Waals surface area contributed by atoms with Crippen molar-refractivity contribution in [1.82, 2.24) is 0 Å². The lowest BCUT2D eigenvalue weighted by atomic mass is 9.95. The molecule has 0 spiro atoms. The normalized spacial score (nSPS) is 13.0. The summed E-state index contributed by atoms with van der Waals surface area (Å²) in [5.74, 6) is 0.